The smallest absolute Gasteiger partial charge is 0.245 e. The molecule has 1 aliphatic heterocycles. The lowest BCUT2D eigenvalue weighted by Crippen LogP contribution is -2.58. The van der Waals surface area contributed by atoms with Gasteiger partial charge in [-0.2, -0.15) is 0 Å². The second-order valence-electron chi connectivity index (χ2n) is 11.0. The van der Waals surface area contributed by atoms with E-state index in [1.807, 2.05) is 36.9 Å². The number of nitrogens with zero attached hydrogens (tertiary/aromatic N) is 2. The van der Waals surface area contributed by atoms with Gasteiger partial charge in [0.1, 0.15) is 17.6 Å². The Labute approximate surface area is 261 Å². The number of hydrogen-bond acceptors (Lipinski definition) is 6. The maximum Gasteiger partial charge on any atom is 0.245 e. The molecule has 1 aliphatic carbocycles. The molecule has 238 valence electrons. The van der Waals surface area contributed by atoms with Gasteiger partial charge in [0.25, 0.3) is 0 Å². The molecule has 2 aromatic rings. The molecule has 0 aromatic heterocycles. The number of nitrogens with two attached hydrogens (primary N) is 1. The topological polar surface area (TPSA) is 99.9 Å². The van der Waals surface area contributed by atoms with Crippen molar-refractivity contribution in [1.82, 2.24) is 20.4 Å². The Balaban J connectivity index is 0.00000248. The Kier molecular flexibility index (Phi) is 14.7. The minimum absolute atomic E-state index is 0.0984. The highest BCUT2D eigenvalue weighted by Gasteiger charge is 2.35. The number of benzene rings is 2. The lowest BCUT2D eigenvalue weighted by molar-refractivity contribution is -0.138. The number of rotatable bonds is 12. The van der Waals surface area contributed by atoms with E-state index in [-0.39, 0.29) is 30.6 Å². The van der Waals surface area contributed by atoms with Gasteiger partial charge < -0.3 is 26.0 Å². The monoisotopic (exact) mass is 617 g/mol. The molecule has 1 heterocycles. The number of halogens is 2. The van der Waals surface area contributed by atoms with Crippen molar-refractivity contribution in [2.75, 3.05) is 46.4 Å². The highest BCUT2D eigenvalue weighted by molar-refractivity contribution is 6.30. The molecule has 2 amide bonds. The van der Waals surface area contributed by atoms with Crippen LogP contribution in [0, 0.1) is 11.7 Å². The molecule has 43 heavy (non-hydrogen) atoms. The second-order valence-corrected chi connectivity index (χ2v) is 11.5. The summed E-state index contributed by atoms with van der Waals surface area (Å²) in [7, 11) is 1.56. The van der Waals surface area contributed by atoms with Crippen molar-refractivity contribution in [2.24, 2.45) is 11.7 Å². The summed E-state index contributed by atoms with van der Waals surface area (Å²) >= 11 is 6.13. The van der Waals surface area contributed by atoms with E-state index in [0.29, 0.717) is 54.4 Å². The SMILES string of the molecule is CC.COc1cc(Cl)ccc1CC(NC(=O)CCN)C(=O)N1CCN(C2CCCCC2CNCc2ccccc2F)CC1. The first kappa shape index (κ1) is 34.8. The summed E-state index contributed by atoms with van der Waals surface area (Å²) in [5.74, 6) is 0.552. The van der Waals surface area contributed by atoms with E-state index in [1.165, 1.54) is 18.9 Å². The zero-order valence-electron chi connectivity index (χ0n) is 25.9. The van der Waals surface area contributed by atoms with Gasteiger partial charge in [0, 0.05) is 68.7 Å². The molecule has 0 radical (unpaired) electrons. The maximum atomic E-state index is 14.0. The van der Waals surface area contributed by atoms with Crippen LogP contribution in [0.2, 0.25) is 5.02 Å². The van der Waals surface area contributed by atoms with Crippen LogP contribution in [0.4, 0.5) is 4.39 Å². The average molecular weight is 618 g/mol. The Hall–Kier alpha value is -2.72. The number of carbonyl (C=O) groups excluding carboxylic acids is 2. The third kappa shape index (κ3) is 10.2. The largest absolute Gasteiger partial charge is 0.496 e. The normalized spacial score (nSPS) is 19.6. The standard InChI is InChI=1S/C31H43ClFN5O3.C2H6/c1-41-29-19-25(32)11-10-22(29)18-27(36-30(39)12-13-34)31(40)38-16-14-37(15-17-38)28-9-5-3-7-24(28)21-35-20-23-6-2-4-8-26(23)33;1-2/h2,4,6,8,10-11,19,24,27-28,35H,3,5,7,9,12-18,20-21,34H2,1H3,(H,36,39);1-2H3. The molecule has 1 saturated heterocycles. The summed E-state index contributed by atoms with van der Waals surface area (Å²) in [5, 5.41) is 6.94. The van der Waals surface area contributed by atoms with Crippen LogP contribution in [0.5, 0.6) is 5.75 Å². The van der Waals surface area contributed by atoms with E-state index in [4.69, 9.17) is 22.1 Å². The first-order valence-electron chi connectivity index (χ1n) is 15.7. The summed E-state index contributed by atoms with van der Waals surface area (Å²) in [6.45, 7) is 8.36. The van der Waals surface area contributed by atoms with Gasteiger partial charge >= 0.3 is 0 Å². The second kappa shape index (κ2) is 18.2. The van der Waals surface area contributed by atoms with E-state index in [0.717, 1.165) is 38.0 Å². The molecule has 3 atom stereocenters. The average Bonchev–Trinajstić information content (AvgIpc) is 3.03. The fraction of sp³-hybridized carbons (Fsp3) is 0.576. The van der Waals surface area contributed by atoms with Gasteiger partial charge in [-0.05, 0) is 49.1 Å². The van der Waals surface area contributed by atoms with Crippen LogP contribution in [0.3, 0.4) is 0 Å². The van der Waals surface area contributed by atoms with Gasteiger partial charge in [0.15, 0.2) is 0 Å². The molecule has 4 N–H and O–H groups in total. The van der Waals surface area contributed by atoms with Crippen LogP contribution in [0.15, 0.2) is 42.5 Å². The zero-order valence-corrected chi connectivity index (χ0v) is 26.7. The first-order valence-corrected chi connectivity index (χ1v) is 16.1. The molecule has 2 aliphatic rings. The summed E-state index contributed by atoms with van der Waals surface area (Å²) in [4.78, 5) is 30.6. The molecule has 2 fully saturated rings. The molecule has 8 nitrogen and oxygen atoms in total. The summed E-state index contributed by atoms with van der Waals surface area (Å²) < 4.78 is 19.5. The van der Waals surface area contributed by atoms with E-state index in [1.54, 1.807) is 25.3 Å². The predicted molar refractivity (Wildman–Crippen MR) is 171 cm³/mol. The van der Waals surface area contributed by atoms with Crippen LogP contribution < -0.4 is 21.1 Å². The number of nitrogens with one attached hydrogen (secondary N) is 2. The number of hydrogen-bond donors (Lipinski definition) is 3. The van der Waals surface area contributed by atoms with E-state index in [2.05, 4.69) is 15.5 Å². The minimum Gasteiger partial charge on any atom is -0.496 e. The lowest BCUT2D eigenvalue weighted by atomic mass is 9.83. The minimum atomic E-state index is -0.722. The number of amides is 2. The quantitative estimate of drug-likeness (QED) is 0.327. The number of piperazine rings is 1. The highest BCUT2D eigenvalue weighted by Crippen LogP contribution is 2.30. The molecular formula is C33H49ClFN5O3. The van der Waals surface area contributed by atoms with Crippen molar-refractivity contribution in [2.45, 2.75) is 71.0 Å². The van der Waals surface area contributed by atoms with Gasteiger partial charge in [-0.25, -0.2) is 4.39 Å². The summed E-state index contributed by atoms with van der Waals surface area (Å²) in [6.07, 6.45) is 5.14. The van der Waals surface area contributed by atoms with Crippen LogP contribution in [-0.4, -0.2) is 80.1 Å². The predicted octanol–water partition coefficient (Wildman–Crippen LogP) is 4.38. The zero-order chi connectivity index (χ0) is 31.2. The Morgan fingerprint density at radius 3 is 2.49 bits per heavy atom. The molecule has 2 aromatic carbocycles. The number of carbonyl (C=O) groups is 2. The molecule has 1 saturated carbocycles. The van der Waals surface area contributed by atoms with E-state index in [9.17, 15) is 14.0 Å². The Morgan fingerprint density at radius 2 is 1.79 bits per heavy atom. The molecule has 0 bridgehead atoms. The van der Waals surface area contributed by atoms with E-state index >= 15 is 0 Å². The molecule has 4 rings (SSSR count). The number of ether oxygens (including phenoxy) is 1. The fourth-order valence-corrected chi connectivity index (χ4v) is 6.30. The first-order chi connectivity index (χ1) is 20.9. The van der Waals surface area contributed by atoms with Crippen molar-refractivity contribution >= 4 is 23.4 Å². The summed E-state index contributed by atoms with van der Waals surface area (Å²) in [5.41, 5.74) is 7.08. The van der Waals surface area contributed by atoms with Crippen LogP contribution in [0.25, 0.3) is 0 Å². The molecular weight excluding hydrogens is 569 g/mol. The van der Waals surface area contributed by atoms with Gasteiger partial charge in [0.05, 0.1) is 7.11 Å². The lowest BCUT2D eigenvalue weighted by Gasteiger charge is -2.45. The van der Waals surface area contributed by atoms with Crippen LogP contribution in [0.1, 0.15) is 57.1 Å². The van der Waals surface area contributed by atoms with E-state index < -0.39 is 6.04 Å². The molecule has 0 spiro atoms. The third-order valence-corrected chi connectivity index (χ3v) is 8.56. The van der Waals surface area contributed by atoms with Crippen molar-refractivity contribution in [3.05, 3.63) is 64.4 Å². The Bertz CT molecular complexity index is 1160. The van der Waals surface area contributed by atoms with Gasteiger partial charge in [0.2, 0.25) is 11.8 Å². The van der Waals surface area contributed by atoms with Gasteiger partial charge in [-0.3, -0.25) is 14.5 Å². The van der Waals surface area contributed by atoms with Gasteiger partial charge in [-0.15, -0.1) is 0 Å². The van der Waals surface area contributed by atoms with Crippen LogP contribution >= 0.6 is 11.6 Å². The molecule has 10 heteroatoms. The van der Waals surface area contributed by atoms with Crippen molar-refractivity contribution in [3.63, 3.8) is 0 Å². The Morgan fingerprint density at radius 1 is 1.07 bits per heavy atom. The molecule has 3 unspecified atom stereocenters. The van der Waals surface area contributed by atoms with Crippen LogP contribution in [-0.2, 0) is 22.6 Å². The van der Waals surface area contributed by atoms with Gasteiger partial charge in [-0.1, -0.05) is 62.6 Å². The van der Waals surface area contributed by atoms with Crippen molar-refractivity contribution < 1.29 is 18.7 Å². The maximum absolute atomic E-state index is 14.0. The fourth-order valence-electron chi connectivity index (χ4n) is 6.14. The number of methoxy groups -OCH3 is 1. The third-order valence-electron chi connectivity index (χ3n) is 8.32. The highest BCUT2D eigenvalue weighted by atomic mass is 35.5. The van der Waals surface area contributed by atoms with Crippen molar-refractivity contribution in [1.29, 1.82) is 0 Å². The van der Waals surface area contributed by atoms with Crippen molar-refractivity contribution in [3.8, 4) is 5.75 Å². The summed E-state index contributed by atoms with van der Waals surface area (Å²) in [6, 6.07) is 11.9.